The first-order valence-corrected chi connectivity index (χ1v) is 8.09. The Morgan fingerprint density at radius 1 is 1.09 bits per heavy atom. The van der Waals surface area contributed by atoms with Crippen molar-refractivity contribution in [2.24, 2.45) is 5.73 Å². The van der Waals surface area contributed by atoms with Gasteiger partial charge in [0.1, 0.15) is 11.3 Å². The lowest BCUT2D eigenvalue weighted by atomic mass is 10.2. The summed E-state index contributed by atoms with van der Waals surface area (Å²) in [5, 5.41) is 3.36. The summed E-state index contributed by atoms with van der Waals surface area (Å²) >= 11 is 1.59. The van der Waals surface area contributed by atoms with Crippen LogP contribution in [0.2, 0.25) is 0 Å². The number of carbonyl (C=O) groups excluding carboxylic acids is 2. The zero-order valence-electron chi connectivity index (χ0n) is 12.3. The molecular weight excluding hydrogens is 312 g/mol. The molecule has 0 bridgehead atoms. The smallest absolute Gasteiger partial charge is 0.286 e. The van der Waals surface area contributed by atoms with Crippen molar-refractivity contribution in [2.75, 3.05) is 11.6 Å². The monoisotopic (exact) mass is 326 g/mol. The summed E-state index contributed by atoms with van der Waals surface area (Å²) in [5.41, 5.74) is 6.63. The fraction of sp³-hybridized carbons (Fsp3) is 0.0588. The van der Waals surface area contributed by atoms with Crippen LogP contribution in [0.5, 0.6) is 0 Å². The number of fused-ring (bicyclic) bond motifs is 1. The van der Waals surface area contributed by atoms with Gasteiger partial charge < -0.3 is 15.5 Å². The van der Waals surface area contributed by atoms with Crippen LogP contribution in [0.25, 0.3) is 11.0 Å². The molecule has 5 nitrogen and oxygen atoms in total. The molecule has 0 aliphatic heterocycles. The quantitative estimate of drug-likeness (QED) is 0.719. The van der Waals surface area contributed by atoms with Gasteiger partial charge in [-0.3, -0.25) is 9.59 Å². The number of hydrogen-bond acceptors (Lipinski definition) is 4. The standard InChI is InChI=1S/C17H14N2O3S/c1-23-11-8-6-10(7-9-11)17(21)19-14-12-4-2-3-5-13(12)22-15(14)16(18)20/h2-9H,1H3,(H2,18,20)(H,19,21). The van der Waals surface area contributed by atoms with E-state index in [0.717, 1.165) is 4.90 Å². The first-order valence-electron chi connectivity index (χ1n) is 6.87. The number of benzene rings is 2. The van der Waals surface area contributed by atoms with Gasteiger partial charge in [-0.05, 0) is 42.7 Å². The molecule has 3 N–H and O–H groups in total. The van der Waals surface area contributed by atoms with Crippen molar-refractivity contribution < 1.29 is 14.0 Å². The minimum atomic E-state index is -0.728. The molecule has 116 valence electrons. The Kier molecular flexibility index (Phi) is 4.08. The lowest BCUT2D eigenvalue weighted by molar-refractivity contribution is 0.0977. The van der Waals surface area contributed by atoms with Crippen LogP contribution in [0, 0.1) is 0 Å². The first kappa shape index (κ1) is 15.2. The topological polar surface area (TPSA) is 85.3 Å². The van der Waals surface area contributed by atoms with Gasteiger partial charge in [-0.1, -0.05) is 12.1 Å². The van der Waals surface area contributed by atoms with Crippen LogP contribution in [0.15, 0.2) is 57.8 Å². The molecule has 0 radical (unpaired) electrons. The molecule has 0 atom stereocenters. The molecule has 0 unspecified atom stereocenters. The van der Waals surface area contributed by atoms with Gasteiger partial charge in [0.2, 0.25) is 5.76 Å². The van der Waals surface area contributed by atoms with Crippen molar-refractivity contribution >= 4 is 40.2 Å². The van der Waals surface area contributed by atoms with Crippen LogP contribution < -0.4 is 11.1 Å². The van der Waals surface area contributed by atoms with E-state index >= 15 is 0 Å². The molecule has 2 aromatic carbocycles. The van der Waals surface area contributed by atoms with E-state index in [1.54, 1.807) is 48.2 Å². The van der Waals surface area contributed by atoms with Crippen LogP contribution in [0.1, 0.15) is 20.9 Å². The molecule has 0 aliphatic carbocycles. The van der Waals surface area contributed by atoms with Gasteiger partial charge in [-0.15, -0.1) is 11.8 Å². The van der Waals surface area contributed by atoms with Gasteiger partial charge in [0.15, 0.2) is 0 Å². The Balaban J connectivity index is 1.98. The molecule has 0 spiro atoms. The fourth-order valence-corrected chi connectivity index (χ4v) is 2.68. The van der Waals surface area contributed by atoms with Crippen molar-refractivity contribution in [2.45, 2.75) is 4.90 Å². The third-order valence-electron chi connectivity index (χ3n) is 3.41. The van der Waals surface area contributed by atoms with Crippen LogP contribution in [0.4, 0.5) is 5.69 Å². The zero-order valence-corrected chi connectivity index (χ0v) is 13.1. The van der Waals surface area contributed by atoms with Crippen molar-refractivity contribution in [1.82, 2.24) is 0 Å². The average molecular weight is 326 g/mol. The number of furan rings is 1. The highest BCUT2D eigenvalue weighted by molar-refractivity contribution is 7.98. The van der Waals surface area contributed by atoms with Crippen molar-refractivity contribution in [1.29, 1.82) is 0 Å². The molecule has 0 fully saturated rings. The Morgan fingerprint density at radius 3 is 2.43 bits per heavy atom. The van der Waals surface area contributed by atoms with Crippen LogP contribution in [0.3, 0.4) is 0 Å². The summed E-state index contributed by atoms with van der Waals surface area (Å²) < 4.78 is 5.44. The summed E-state index contributed by atoms with van der Waals surface area (Å²) in [6.07, 6.45) is 1.96. The summed E-state index contributed by atoms with van der Waals surface area (Å²) in [6, 6.07) is 14.2. The predicted molar refractivity (Wildman–Crippen MR) is 90.9 cm³/mol. The van der Waals surface area contributed by atoms with E-state index in [9.17, 15) is 9.59 Å². The number of rotatable bonds is 4. The van der Waals surface area contributed by atoms with E-state index in [4.69, 9.17) is 10.2 Å². The Bertz CT molecular complexity index is 884. The number of nitrogens with two attached hydrogens (primary N) is 1. The second-order valence-corrected chi connectivity index (χ2v) is 5.73. The molecular formula is C17H14N2O3S. The Hall–Kier alpha value is -2.73. The summed E-state index contributed by atoms with van der Waals surface area (Å²) in [4.78, 5) is 25.0. The number of carbonyl (C=O) groups is 2. The SMILES string of the molecule is CSc1ccc(C(=O)Nc2c(C(N)=O)oc3ccccc23)cc1. The molecule has 0 saturated heterocycles. The minimum Gasteiger partial charge on any atom is -0.449 e. The number of anilines is 1. The molecule has 1 heterocycles. The molecule has 0 aliphatic rings. The second kappa shape index (κ2) is 6.18. The number of thioether (sulfide) groups is 1. The molecule has 0 saturated carbocycles. The van der Waals surface area contributed by atoms with E-state index < -0.39 is 5.91 Å². The maximum atomic E-state index is 12.4. The average Bonchev–Trinajstić information content (AvgIpc) is 2.94. The number of primary amides is 1. The summed E-state index contributed by atoms with van der Waals surface area (Å²) in [5.74, 6) is -1.11. The Morgan fingerprint density at radius 2 is 1.78 bits per heavy atom. The van der Waals surface area contributed by atoms with Gasteiger partial charge in [0.25, 0.3) is 11.8 Å². The van der Waals surface area contributed by atoms with Crippen molar-refractivity contribution in [3.8, 4) is 0 Å². The lowest BCUT2D eigenvalue weighted by Crippen LogP contribution is -2.17. The number of amides is 2. The normalized spacial score (nSPS) is 10.7. The van der Waals surface area contributed by atoms with E-state index in [1.807, 2.05) is 18.4 Å². The summed E-state index contributed by atoms with van der Waals surface area (Å²) in [7, 11) is 0. The van der Waals surface area contributed by atoms with Crippen molar-refractivity contribution in [3.63, 3.8) is 0 Å². The van der Waals surface area contributed by atoms with E-state index in [-0.39, 0.29) is 11.7 Å². The second-order valence-electron chi connectivity index (χ2n) is 4.85. The minimum absolute atomic E-state index is 0.0553. The molecule has 23 heavy (non-hydrogen) atoms. The third-order valence-corrected chi connectivity index (χ3v) is 4.15. The van der Waals surface area contributed by atoms with Crippen LogP contribution in [-0.2, 0) is 0 Å². The lowest BCUT2D eigenvalue weighted by Gasteiger charge is -2.05. The van der Waals surface area contributed by atoms with E-state index in [1.165, 1.54) is 0 Å². The maximum Gasteiger partial charge on any atom is 0.286 e. The highest BCUT2D eigenvalue weighted by atomic mass is 32.2. The van der Waals surface area contributed by atoms with Crippen LogP contribution in [-0.4, -0.2) is 18.1 Å². The number of hydrogen-bond donors (Lipinski definition) is 2. The first-order chi connectivity index (χ1) is 11.1. The molecule has 3 aromatic rings. The van der Waals surface area contributed by atoms with Gasteiger partial charge in [0.05, 0.1) is 0 Å². The van der Waals surface area contributed by atoms with Gasteiger partial charge in [0, 0.05) is 15.8 Å². The van der Waals surface area contributed by atoms with E-state index in [2.05, 4.69) is 5.32 Å². The fourth-order valence-electron chi connectivity index (χ4n) is 2.27. The van der Waals surface area contributed by atoms with Crippen molar-refractivity contribution in [3.05, 3.63) is 59.9 Å². The Labute approximate surface area is 136 Å². The van der Waals surface area contributed by atoms with Gasteiger partial charge in [-0.2, -0.15) is 0 Å². The number of para-hydroxylation sites is 1. The summed E-state index contributed by atoms with van der Waals surface area (Å²) in [6.45, 7) is 0. The third kappa shape index (κ3) is 2.93. The number of nitrogens with one attached hydrogen (secondary N) is 1. The zero-order chi connectivity index (χ0) is 16.4. The maximum absolute atomic E-state index is 12.4. The largest absolute Gasteiger partial charge is 0.449 e. The highest BCUT2D eigenvalue weighted by Crippen LogP contribution is 2.31. The predicted octanol–water partition coefficient (Wildman–Crippen LogP) is 3.51. The van der Waals surface area contributed by atoms with Crippen LogP contribution >= 0.6 is 11.8 Å². The molecule has 2 amide bonds. The van der Waals surface area contributed by atoms with E-state index in [0.29, 0.717) is 22.2 Å². The highest BCUT2D eigenvalue weighted by Gasteiger charge is 2.20. The molecule has 1 aromatic heterocycles. The van der Waals surface area contributed by atoms with Gasteiger partial charge in [-0.25, -0.2) is 0 Å². The molecule has 6 heteroatoms. The van der Waals surface area contributed by atoms with Gasteiger partial charge >= 0.3 is 0 Å². The molecule has 3 rings (SSSR count).